The molecular weight excluding hydrogens is 214 g/mol. The molecule has 0 spiro atoms. The van der Waals surface area contributed by atoms with Crippen LogP contribution in [0.4, 0.5) is 0 Å². The molecule has 2 aromatic heterocycles. The first-order chi connectivity index (χ1) is 8.33. The highest BCUT2D eigenvalue weighted by atomic mass is 16.5. The molecular formula is C14H11NO2. The number of furan rings is 1. The lowest BCUT2D eigenvalue weighted by molar-refractivity contribution is 0.420. The summed E-state index contributed by atoms with van der Waals surface area (Å²) in [5.41, 5.74) is 3.08. The Morgan fingerprint density at radius 3 is 2.53 bits per heavy atom. The Balaban J connectivity index is 1.98. The van der Waals surface area contributed by atoms with Gasteiger partial charge in [0.2, 0.25) is 5.76 Å². The van der Waals surface area contributed by atoms with Crippen molar-refractivity contribution in [2.24, 2.45) is 0 Å². The molecule has 0 bridgehead atoms. The van der Waals surface area contributed by atoms with E-state index in [4.69, 9.17) is 8.94 Å². The third-order valence-electron chi connectivity index (χ3n) is 2.62. The molecule has 3 rings (SSSR count). The largest absolute Gasteiger partial charge is 0.461 e. The maximum atomic E-state index is 5.25. The molecule has 0 amide bonds. The summed E-state index contributed by atoms with van der Waals surface area (Å²) < 4.78 is 10.5. The quantitative estimate of drug-likeness (QED) is 0.663. The molecule has 0 saturated heterocycles. The van der Waals surface area contributed by atoms with Gasteiger partial charge < -0.3 is 8.94 Å². The Kier molecular flexibility index (Phi) is 2.29. The van der Waals surface area contributed by atoms with Crippen LogP contribution in [0.3, 0.4) is 0 Å². The second kappa shape index (κ2) is 3.94. The average molecular weight is 225 g/mol. The van der Waals surface area contributed by atoms with Crippen LogP contribution in [0, 0.1) is 6.92 Å². The van der Waals surface area contributed by atoms with E-state index < -0.39 is 0 Å². The topological polar surface area (TPSA) is 39.2 Å². The van der Waals surface area contributed by atoms with Crippen molar-refractivity contribution in [1.29, 1.82) is 0 Å². The maximum absolute atomic E-state index is 5.25. The van der Waals surface area contributed by atoms with Crippen molar-refractivity contribution in [2.45, 2.75) is 6.92 Å². The van der Waals surface area contributed by atoms with Gasteiger partial charge in [-0.1, -0.05) is 35.0 Å². The van der Waals surface area contributed by atoms with Crippen LogP contribution in [0.15, 0.2) is 57.7 Å². The van der Waals surface area contributed by atoms with Gasteiger partial charge in [-0.2, -0.15) is 0 Å². The number of hydrogen-bond donors (Lipinski definition) is 0. The summed E-state index contributed by atoms with van der Waals surface area (Å²) in [4.78, 5) is 0. The molecule has 2 heterocycles. The Morgan fingerprint density at radius 1 is 1.00 bits per heavy atom. The van der Waals surface area contributed by atoms with Crippen LogP contribution < -0.4 is 0 Å². The molecule has 0 atom stereocenters. The molecule has 0 saturated carbocycles. The van der Waals surface area contributed by atoms with E-state index in [0.29, 0.717) is 11.5 Å². The van der Waals surface area contributed by atoms with Gasteiger partial charge in [0.25, 0.3) is 0 Å². The number of rotatable bonds is 2. The SMILES string of the molecule is Cc1ccc(-c2cc(-c3ccco3)on2)cc1. The summed E-state index contributed by atoms with van der Waals surface area (Å²) in [6.07, 6.45) is 1.61. The van der Waals surface area contributed by atoms with Crippen LogP contribution in [0.25, 0.3) is 22.8 Å². The van der Waals surface area contributed by atoms with Crippen LogP contribution in [0.5, 0.6) is 0 Å². The maximum Gasteiger partial charge on any atom is 0.202 e. The molecule has 3 aromatic rings. The minimum absolute atomic E-state index is 0.644. The van der Waals surface area contributed by atoms with Gasteiger partial charge >= 0.3 is 0 Å². The van der Waals surface area contributed by atoms with Crippen molar-refractivity contribution in [3.63, 3.8) is 0 Å². The highest BCUT2D eigenvalue weighted by molar-refractivity contribution is 5.64. The summed E-state index contributed by atoms with van der Waals surface area (Å²) in [5.74, 6) is 1.33. The van der Waals surface area contributed by atoms with Gasteiger partial charge in [-0.25, -0.2) is 0 Å². The number of nitrogens with zero attached hydrogens (tertiary/aromatic N) is 1. The van der Waals surface area contributed by atoms with Crippen molar-refractivity contribution in [1.82, 2.24) is 5.16 Å². The second-order valence-electron chi connectivity index (χ2n) is 3.92. The predicted octanol–water partition coefficient (Wildman–Crippen LogP) is 3.91. The average Bonchev–Trinajstić information content (AvgIpc) is 3.00. The summed E-state index contributed by atoms with van der Waals surface area (Å²) >= 11 is 0. The van der Waals surface area contributed by atoms with Gasteiger partial charge in [0.05, 0.1) is 6.26 Å². The van der Waals surface area contributed by atoms with Crippen molar-refractivity contribution in [3.8, 4) is 22.8 Å². The van der Waals surface area contributed by atoms with E-state index in [1.165, 1.54) is 5.56 Å². The fourth-order valence-corrected chi connectivity index (χ4v) is 1.67. The van der Waals surface area contributed by atoms with E-state index in [1.807, 2.05) is 30.3 Å². The highest BCUT2D eigenvalue weighted by Gasteiger charge is 2.09. The molecule has 0 aliphatic heterocycles. The van der Waals surface area contributed by atoms with E-state index in [1.54, 1.807) is 6.26 Å². The van der Waals surface area contributed by atoms with E-state index in [2.05, 4.69) is 24.2 Å². The summed E-state index contributed by atoms with van der Waals surface area (Å²) in [7, 11) is 0. The zero-order chi connectivity index (χ0) is 11.7. The van der Waals surface area contributed by atoms with Crippen LogP contribution in [-0.4, -0.2) is 5.16 Å². The molecule has 0 radical (unpaired) electrons. The van der Waals surface area contributed by atoms with Crippen LogP contribution >= 0.6 is 0 Å². The standard InChI is InChI=1S/C14H11NO2/c1-10-4-6-11(7-5-10)12-9-14(17-15-12)13-3-2-8-16-13/h2-9H,1H3. The number of hydrogen-bond acceptors (Lipinski definition) is 3. The summed E-state index contributed by atoms with van der Waals surface area (Å²) in [5, 5.41) is 4.04. The first-order valence-electron chi connectivity index (χ1n) is 5.40. The molecule has 0 aliphatic carbocycles. The third kappa shape index (κ3) is 1.87. The molecule has 0 aliphatic rings. The fraction of sp³-hybridized carbons (Fsp3) is 0.0714. The molecule has 0 unspecified atom stereocenters. The fourth-order valence-electron chi connectivity index (χ4n) is 1.67. The smallest absolute Gasteiger partial charge is 0.202 e. The zero-order valence-electron chi connectivity index (χ0n) is 9.38. The van der Waals surface area contributed by atoms with Gasteiger partial charge in [-0.05, 0) is 19.1 Å². The zero-order valence-corrected chi connectivity index (χ0v) is 9.38. The minimum atomic E-state index is 0.644. The number of aryl methyl sites for hydroxylation is 1. The van der Waals surface area contributed by atoms with Crippen molar-refractivity contribution >= 4 is 0 Å². The molecule has 1 aromatic carbocycles. The Morgan fingerprint density at radius 2 is 1.82 bits per heavy atom. The predicted molar refractivity (Wildman–Crippen MR) is 64.4 cm³/mol. The van der Waals surface area contributed by atoms with E-state index >= 15 is 0 Å². The summed E-state index contributed by atoms with van der Waals surface area (Å²) in [6.45, 7) is 2.06. The lowest BCUT2D eigenvalue weighted by Crippen LogP contribution is -1.76. The van der Waals surface area contributed by atoms with Gasteiger partial charge in [0.1, 0.15) is 5.69 Å². The Bertz CT molecular complexity index is 606. The molecule has 3 heteroatoms. The number of aromatic nitrogens is 1. The van der Waals surface area contributed by atoms with Crippen molar-refractivity contribution < 1.29 is 8.94 Å². The van der Waals surface area contributed by atoms with E-state index in [-0.39, 0.29) is 0 Å². The van der Waals surface area contributed by atoms with Crippen LogP contribution in [0.1, 0.15) is 5.56 Å². The van der Waals surface area contributed by atoms with E-state index in [0.717, 1.165) is 11.3 Å². The molecule has 0 N–H and O–H groups in total. The normalized spacial score (nSPS) is 10.6. The van der Waals surface area contributed by atoms with Crippen molar-refractivity contribution in [3.05, 3.63) is 54.3 Å². The molecule has 17 heavy (non-hydrogen) atoms. The molecule has 3 nitrogen and oxygen atoms in total. The van der Waals surface area contributed by atoms with Gasteiger partial charge in [-0.3, -0.25) is 0 Å². The monoisotopic (exact) mass is 225 g/mol. The van der Waals surface area contributed by atoms with Crippen molar-refractivity contribution in [2.75, 3.05) is 0 Å². The number of benzene rings is 1. The lowest BCUT2D eigenvalue weighted by atomic mass is 10.1. The third-order valence-corrected chi connectivity index (χ3v) is 2.62. The van der Waals surface area contributed by atoms with E-state index in [9.17, 15) is 0 Å². The molecule has 0 fully saturated rings. The lowest BCUT2D eigenvalue weighted by Gasteiger charge is -1.95. The first-order valence-corrected chi connectivity index (χ1v) is 5.40. The minimum Gasteiger partial charge on any atom is -0.461 e. The Labute approximate surface area is 98.7 Å². The van der Waals surface area contributed by atoms with Crippen LogP contribution in [-0.2, 0) is 0 Å². The molecule has 84 valence electrons. The first kappa shape index (κ1) is 9.90. The Hall–Kier alpha value is -2.29. The van der Waals surface area contributed by atoms with Gasteiger partial charge in [-0.15, -0.1) is 0 Å². The van der Waals surface area contributed by atoms with Gasteiger partial charge in [0, 0.05) is 11.6 Å². The summed E-state index contributed by atoms with van der Waals surface area (Å²) in [6, 6.07) is 13.7. The van der Waals surface area contributed by atoms with Crippen LogP contribution in [0.2, 0.25) is 0 Å². The second-order valence-corrected chi connectivity index (χ2v) is 3.92. The van der Waals surface area contributed by atoms with Gasteiger partial charge in [0.15, 0.2) is 5.76 Å². The highest BCUT2D eigenvalue weighted by Crippen LogP contribution is 2.26.